The van der Waals surface area contributed by atoms with Crippen LogP contribution in [0.25, 0.3) is 0 Å². The van der Waals surface area contributed by atoms with E-state index in [0.29, 0.717) is 17.1 Å². The van der Waals surface area contributed by atoms with E-state index in [4.69, 9.17) is 0 Å². The third kappa shape index (κ3) is 1.84. The normalized spacial score (nSPS) is 56.5. The molecule has 4 rings (SSSR count). The molecule has 4 aliphatic carbocycles. The summed E-state index contributed by atoms with van der Waals surface area (Å²) < 4.78 is 0. The highest BCUT2D eigenvalue weighted by Gasteiger charge is 2.60. The van der Waals surface area contributed by atoms with E-state index in [-0.39, 0.29) is 11.5 Å². The lowest BCUT2D eigenvalue weighted by molar-refractivity contribution is -0.142. The maximum Gasteiger partial charge on any atom is 0.139 e. The van der Waals surface area contributed by atoms with E-state index >= 15 is 0 Å². The van der Waals surface area contributed by atoms with E-state index in [2.05, 4.69) is 13.8 Å². The van der Waals surface area contributed by atoms with Gasteiger partial charge >= 0.3 is 0 Å². The summed E-state index contributed by atoms with van der Waals surface area (Å²) >= 11 is 0. The van der Waals surface area contributed by atoms with Crippen LogP contribution in [0, 0.1) is 34.5 Å². The molecule has 0 aromatic heterocycles. The van der Waals surface area contributed by atoms with Crippen LogP contribution in [0.3, 0.4) is 0 Å². The molecule has 4 saturated carbocycles. The van der Waals surface area contributed by atoms with Crippen LogP contribution in [0.1, 0.15) is 71.6 Å². The van der Waals surface area contributed by atoms with E-state index in [1.165, 1.54) is 25.7 Å². The molecule has 118 valence electrons. The number of hydrogen-bond acceptors (Lipinski definition) is 2. The summed E-state index contributed by atoms with van der Waals surface area (Å²) in [6, 6.07) is 0. The summed E-state index contributed by atoms with van der Waals surface area (Å²) in [6.45, 7) is 4.78. The second-order valence-corrected chi connectivity index (χ2v) is 9.00. The average Bonchev–Trinajstić information content (AvgIpc) is 2.76. The third-order valence-electron chi connectivity index (χ3n) is 8.35. The number of aliphatic hydroxyl groups is 1. The second-order valence-electron chi connectivity index (χ2n) is 9.00. The van der Waals surface area contributed by atoms with Gasteiger partial charge in [0.15, 0.2) is 0 Å². The van der Waals surface area contributed by atoms with Gasteiger partial charge in [-0.05, 0) is 80.5 Å². The summed E-state index contributed by atoms with van der Waals surface area (Å²) in [5, 5.41) is 10.0. The number of hydrogen-bond donors (Lipinski definition) is 1. The zero-order chi connectivity index (χ0) is 14.8. The minimum Gasteiger partial charge on any atom is -0.393 e. The van der Waals surface area contributed by atoms with Crippen LogP contribution < -0.4 is 0 Å². The Morgan fingerprint density at radius 1 is 1.00 bits per heavy atom. The Hall–Kier alpha value is -0.370. The fourth-order valence-electron chi connectivity index (χ4n) is 7.01. The molecular formula is C19H30O2. The lowest BCUT2D eigenvalue weighted by atomic mass is 9.45. The maximum absolute atomic E-state index is 12.4. The maximum atomic E-state index is 12.4. The van der Waals surface area contributed by atoms with E-state index in [1.54, 1.807) is 0 Å². The Morgan fingerprint density at radius 2 is 1.81 bits per heavy atom. The molecule has 2 heteroatoms. The van der Waals surface area contributed by atoms with Crippen molar-refractivity contribution >= 4 is 5.78 Å². The number of fused-ring (bicyclic) bond motifs is 5. The number of carbonyl (C=O) groups is 1. The first kappa shape index (κ1) is 14.2. The number of rotatable bonds is 0. The van der Waals surface area contributed by atoms with Crippen LogP contribution in [-0.4, -0.2) is 17.0 Å². The Labute approximate surface area is 128 Å². The van der Waals surface area contributed by atoms with Gasteiger partial charge in [-0.3, -0.25) is 4.79 Å². The predicted octanol–water partition coefficient (Wildman–Crippen LogP) is 3.96. The van der Waals surface area contributed by atoms with Gasteiger partial charge < -0.3 is 5.11 Å². The summed E-state index contributed by atoms with van der Waals surface area (Å²) in [5.41, 5.74) is 0.452. The van der Waals surface area contributed by atoms with Crippen molar-refractivity contribution in [1.29, 1.82) is 0 Å². The van der Waals surface area contributed by atoms with Crippen molar-refractivity contribution in [3.63, 3.8) is 0 Å². The van der Waals surface area contributed by atoms with E-state index in [1.807, 2.05) is 0 Å². The van der Waals surface area contributed by atoms with Gasteiger partial charge in [-0.2, -0.15) is 0 Å². The molecule has 0 aromatic rings. The predicted molar refractivity (Wildman–Crippen MR) is 82.7 cm³/mol. The van der Waals surface area contributed by atoms with Crippen LogP contribution in [-0.2, 0) is 4.79 Å². The molecule has 0 heterocycles. The van der Waals surface area contributed by atoms with E-state index in [0.717, 1.165) is 49.9 Å². The van der Waals surface area contributed by atoms with Gasteiger partial charge in [-0.1, -0.05) is 13.8 Å². The van der Waals surface area contributed by atoms with Gasteiger partial charge in [-0.15, -0.1) is 0 Å². The monoisotopic (exact) mass is 290 g/mol. The molecule has 7 atom stereocenters. The number of carbonyl (C=O) groups excluding carboxylic acids is 1. The first-order valence-corrected chi connectivity index (χ1v) is 9.16. The largest absolute Gasteiger partial charge is 0.393 e. The van der Waals surface area contributed by atoms with Crippen LogP contribution >= 0.6 is 0 Å². The van der Waals surface area contributed by atoms with Crippen LogP contribution in [0.5, 0.6) is 0 Å². The molecular weight excluding hydrogens is 260 g/mol. The molecule has 0 unspecified atom stereocenters. The minimum atomic E-state index is -0.0541. The highest BCUT2D eigenvalue weighted by atomic mass is 16.3. The summed E-state index contributed by atoms with van der Waals surface area (Å²) in [7, 11) is 0. The van der Waals surface area contributed by atoms with Crippen molar-refractivity contribution in [1.82, 2.24) is 0 Å². The van der Waals surface area contributed by atoms with Crippen LogP contribution in [0.2, 0.25) is 0 Å². The molecule has 0 aromatic carbocycles. The zero-order valence-electron chi connectivity index (χ0n) is 13.6. The molecule has 21 heavy (non-hydrogen) atoms. The summed E-state index contributed by atoms with van der Waals surface area (Å²) in [6.07, 6.45) is 10.1. The van der Waals surface area contributed by atoms with Crippen molar-refractivity contribution in [3.8, 4) is 0 Å². The van der Waals surface area contributed by atoms with E-state index < -0.39 is 0 Å². The molecule has 0 spiro atoms. The van der Waals surface area contributed by atoms with Gasteiger partial charge in [0.1, 0.15) is 5.78 Å². The second kappa shape index (κ2) is 4.57. The van der Waals surface area contributed by atoms with Crippen molar-refractivity contribution in [2.24, 2.45) is 34.5 Å². The molecule has 4 fully saturated rings. The molecule has 0 radical (unpaired) electrons. The highest BCUT2D eigenvalue weighted by Crippen LogP contribution is 2.65. The molecule has 1 N–H and O–H groups in total. The average molecular weight is 290 g/mol. The fraction of sp³-hybridized carbons (Fsp3) is 0.947. The van der Waals surface area contributed by atoms with Gasteiger partial charge in [0, 0.05) is 11.8 Å². The van der Waals surface area contributed by atoms with Crippen molar-refractivity contribution in [2.45, 2.75) is 77.7 Å². The number of Topliss-reactive ketones (excluding diaryl/α,β-unsaturated/α-hetero) is 1. The first-order valence-electron chi connectivity index (χ1n) is 9.16. The molecule has 0 bridgehead atoms. The van der Waals surface area contributed by atoms with E-state index in [9.17, 15) is 9.90 Å². The minimum absolute atomic E-state index is 0.0124. The van der Waals surface area contributed by atoms with Crippen molar-refractivity contribution < 1.29 is 9.90 Å². The van der Waals surface area contributed by atoms with Crippen LogP contribution in [0.4, 0.5) is 0 Å². The Balaban J connectivity index is 1.64. The van der Waals surface area contributed by atoms with Crippen LogP contribution in [0.15, 0.2) is 0 Å². The van der Waals surface area contributed by atoms with Gasteiger partial charge in [-0.25, -0.2) is 0 Å². The Kier molecular flexibility index (Phi) is 3.10. The van der Waals surface area contributed by atoms with Crippen molar-refractivity contribution in [3.05, 3.63) is 0 Å². The van der Waals surface area contributed by atoms with Gasteiger partial charge in [0.05, 0.1) is 6.10 Å². The quantitative estimate of drug-likeness (QED) is 0.733. The standard InChI is InChI=1S/C19H30O2/c1-18-9-7-13(20)11-12(18)3-4-14-15-5-6-17(21)19(15,2)10-8-16(14)18/h12-16,20H,3-11H2,1-2H3/t12-,13+,14+,15-,16-,18+,19+/m1/s1. The molecule has 0 saturated heterocycles. The fourth-order valence-corrected chi connectivity index (χ4v) is 7.01. The first-order chi connectivity index (χ1) is 9.95. The van der Waals surface area contributed by atoms with Crippen molar-refractivity contribution in [2.75, 3.05) is 0 Å². The molecule has 4 aliphatic rings. The molecule has 0 amide bonds. The number of ketones is 1. The zero-order valence-corrected chi connectivity index (χ0v) is 13.6. The Morgan fingerprint density at radius 3 is 2.62 bits per heavy atom. The smallest absolute Gasteiger partial charge is 0.139 e. The topological polar surface area (TPSA) is 37.3 Å². The Bertz CT molecular complexity index is 458. The number of aliphatic hydroxyl groups excluding tert-OH is 1. The van der Waals surface area contributed by atoms with Gasteiger partial charge in [0.2, 0.25) is 0 Å². The summed E-state index contributed by atoms with van der Waals surface area (Å²) in [4.78, 5) is 12.4. The lowest BCUT2D eigenvalue weighted by Crippen LogP contribution is -2.54. The molecule has 2 nitrogen and oxygen atoms in total. The lowest BCUT2D eigenvalue weighted by Gasteiger charge is -2.60. The van der Waals surface area contributed by atoms with Gasteiger partial charge in [0.25, 0.3) is 0 Å². The SMILES string of the molecule is C[C@]12CC[C@H](O)C[C@H]1CC[C@@H]1[C@H]2CC[C@]2(C)C(=O)CC[C@H]12. The summed E-state index contributed by atoms with van der Waals surface area (Å²) in [5.74, 6) is 3.54. The molecule has 0 aliphatic heterocycles. The highest BCUT2D eigenvalue weighted by molar-refractivity contribution is 5.87. The third-order valence-corrected chi connectivity index (χ3v) is 8.35.